The van der Waals surface area contributed by atoms with Gasteiger partial charge in [0.15, 0.2) is 0 Å². The number of hydrogen-bond donors (Lipinski definition) is 2. The van der Waals surface area contributed by atoms with Crippen LogP contribution in [-0.2, 0) is 16.4 Å². The molecule has 0 saturated carbocycles. The molecule has 120 valence electrons. The molecule has 2 N–H and O–H groups in total. The van der Waals surface area contributed by atoms with Crippen LogP contribution in [0.25, 0.3) is 10.9 Å². The molecular formula is C17H17ClN2O2S. The van der Waals surface area contributed by atoms with E-state index in [9.17, 15) is 8.42 Å². The third-order valence-corrected chi connectivity index (χ3v) is 5.30. The summed E-state index contributed by atoms with van der Waals surface area (Å²) < 4.78 is 27.5. The molecule has 2 aromatic carbocycles. The zero-order chi connectivity index (χ0) is 16.3. The number of benzene rings is 2. The molecule has 4 nitrogen and oxygen atoms in total. The maximum Gasteiger partial charge on any atom is 0.261 e. The van der Waals surface area contributed by atoms with Crippen LogP contribution in [0.5, 0.6) is 0 Å². The Kier molecular flexibility index (Phi) is 4.59. The van der Waals surface area contributed by atoms with Gasteiger partial charge in [0.2, 0.25) is 0 Å². The summed E-state index contributed by atoms with van der Waals surface area (Å²) >= 11 is 5.67. The molecule has 0 saturated heterocycles. The molecule has 0 unspecified atom stereocenters. The number of halogens is 1. The summed E-state index contributed by atoms with van der Waals surface area (Å²) in [6.07, 6.45) is 3.55. The molecule has 3 rings (SSSR count). The number of alkyl halides is 1. The number of fused-ring (bicyclic) bond motifs is 1. The molecule has 1 aromatic heterocycles. The van der Waals surface area contributed by atoms with Gasteiger partial charge in [0, 0.05) is 28.7 Å². The van der Waals surface area contributed by atoms with Crippen LogP contribution in [-0.4, -0.2) is 19.3 Å². The van der Waals surface area contributed by atoms with Crippen molar-refractivity contribution in [3.63, 3.8) is 0 Å². The van der Waals surface area contributed by atoms with E-state index in [4.69, 9.17) is 11.6 Å². The third-order valence-electron chi connectivity index (χ3n) is 3.64. The predicted octanol–water partition coefficient (Wildman–Crippen LogP) is 4.14. The highest BCUT2D eigenvalue weighted by Gasteiger charge is 2.14. The van der Waals surface area contributed by atoms with E-state index in [1.54, 1.807) is 24.3 Å². The van der Waals surface area contributed by atoms with Gasteiger partial charge in [0.05, 0.1) is 4.90 Å². The van der Waals surface area contributed by atoms with Crippen LogP contribution in [0.1, 0.15) is 12.0 Å². The molecular weight excluding hydrogens is 332 g/mol. The quantitative estimate of drug-likeness (QED) is 0.657. The lowest BCUT2D eigenvalue weighted by molar-refractivity contribution is 0.601. The Hall–Kier alpha value is -1.98. The smallest absolute Gasteiger partial charge is 0.261 e. The second-order valence-electron chi connectivity index (χ2n) is 5.32. The van der Waals surface area contributed by atoms with E-state index in [2.05, 4.69) is 9.71 Å². The number of aryl methyl sites for hydroxylation is 1. The zero-order valence-electron chi connectivity index (χ0n) is 12.4. The van der Waals surface area contributed by atoms with Gasteiger partial charge >= 0.3 is 0 Å². The molecule has 0 amide bonds. The summed E-state index contributed by atoms with van der Waals surface area (Å²) in [5.74, 6) is 0.600. The molecule has 0 fully saturated rings. The second kappa shape index (κ2) is 6.64. The highest BCUT2D eigenvalue weighted by atomic mass is 35.5. The van der Waals surface area contributed by atoms with Gasteiger partial charge in [0.25, 0.3) is 10.0 Å². The van der Waals surface area contributed by atoms with Crippen molar-refractivity contribution in [1.29, 1.82) is 0 Å². The van der Waals surface area contributed by atoms with Crippen molar-refractivity contribution in [2.75, 3.05) is 10.6 Å². The normalized spacial score (nSPS) is 11.7. The summed E-state index contributed by atoms with van der Waals surface area (Å²) in [7, 11) is -3.59. The summed E-state index contributed by atoms with van der Waals surface area (Å²) in [4.78, 5) is 3.33. The number of nitrogens with one attached hydrogen (secondary N) is 2. The zero-order valence-corrected chi connectivity index (χ0v) is 14.0. The summed E-state index contributed by atoms with van der Waals surface area (Å²) in [6.45, 7) is 0. The molecule has 0 aliphatic carbocycles. The molecule has 0 radical (unpaired) electrons. The van der Waals surface area contributed by atoms with E-state index in [-0.39, 0.29) is 4.90 Å². The Bertz CT molecular complexity index is 902. The average Bonchev–Trinajstić information content (AvgIpc) is 3.00. The van der Waals surface area contributed by atoms with Crippen LogP contribution in [0.15, 0.2) is 59.6 Å². The molecule has 1 heterocycles. The minimum atomic E-state index is -3.59. The highest BCUT2D eigenvalue weighted by Crippen LogP contribution is 2.21. The maximum atomic E-state index is 12.5. The van der Waals surface area contributed by atoms with Gasteiger partial charge < -0.3 is 4.98 Å². The van der Waals surface area contributed by atoms with Gasteiger partial charge in [-0.1, -0.05) is 12.1 Å². The fraction of sp³-hybridized carbons (Fsp3) is 0.176. The van der Waals surface area contributed by atoms with E-state index >= 15 is 0 Å². The standard InChI is InChI=1S/C17H17ClN2O2S/c18-10-1-2-13-3-6-16(7-4-13)23(21,22)20-15-5-8-17-14(12-15)9-11-19-17/h3-9,11-12,19-20H,1-2,10H2. The van der Waals surface area contributed by atoms with Crippen LogP contribution in [0.4, 0.5) is 5.69 Å². The number of H-pyrrole nitrogens is 1. The van der Waals surface area contributed by atoms with E-state index in [0.717, 1.165) is 29.3 Å². The third kappa shape index (κ3) is 3.68. The van der Waals surface area contributed by atoms with Crippen molar-refractivity contribution in [1.82, 2.24) is 4.98 Å². The number of hydrogen-bond acceptors (Lipinski definition) is 2. The van der Waals surface area contributed by atoms with Crippen LogP contribution >= 0.6 is 11.6 Å². The Balaban J connectivity index is 1.80. The second-order valence-corrected chi connectivity index (χ2v) is 7.38. The number of aromatic amines is 1. The highest BCUT2D eigenvalue weighted by molar-refractivity contribution is 7.92. The Labute approximate surface area is 140 Å². The number of aromatic nitrogens is 1. The van der Waals surface area contributed by atoms with E-state index in [1.807, 2.05) is 30.5 Å². The Morgan fingerprint density at radius 3 is 2.57 bits per heavy atom. The monoisotopic (exact) mass is 348 g/mol. The van der Waals surface area contributed by atoms with Crippen molar-refractivity contribution >= 4 is 38.2 Å². The summed E-state index contributed by atoms with van der Waals surface area (Å²) in [6, 6.07) is 14.2. The Morgan fingerprint density at radius 2 is 1.83 bits per heavy atom. The number of rotatable bonds is 6. The number of anilines is 1. The molecule has 6 heteroatoms. The lowest BCUT2D eigenvalue weighted by atomic mass is 10.1. The SMILES string of the molecule is O=S(=O)(Nc1ccc2[nH]ccc2c1)c1ccc(CCCCl)cc1. The summed E-state index contributed by atoms with van der Waals surface area (Å²) in [5.41, 5.74) is 2.60. The minimum Gasteiger partial charge on any atom is -0.361 e. The molecule has 0 aliphatic heterocycles. The fourth-order valence-corrected chi connectivity index (χ4v) is 3.62. The van der Waals surface area contributed by atoms with Crippen molar-refractivity contribution in [3.8, 4) is 0 Å². The lowest BCUT2D eigenvalue weighted by Crippen LogP contribution is -2.12. The fourth-order valence-electron chi connectivity index (χ4n) is 2.44. The van der Waals surface area contributed by atoms with Gasteiger partial charge in [-0.25, -0.2) is 8.42 Å². The average molecular weight is 349 g/mol. The first-order chi connectivity index (χ1) is 11.1. The van der Waals surface area contributed by atoms with Crippen molar-refractivity contribution in [3.05, 3.63) is 60.3 Å². The first-order valence-corrected chi connectivity index (χ1v) is 9.35. The van der Waals surface area contributed by atoms with Crippen molar-refractivity contribution in [2.24, 2.45) is 0 Å². The van der Waals surface area contributed by atoms with Gasteiger partial charge in [0.1, 0.15) is 0 Å². The van der Waals surface area contributed by atoms with E-state index in [1.165, 1.54) is 0 Å². The predicted molar refractivity (Wildman–Crippen MR) is 94.6 cm³/mol. The molecule has 0 aliphatic rings. The molecule has 0 bridgehead atoms. The van der Waals surface area contributed by atoms with Crippen molar-refractivity contribution < 1.29 is 8.42 Å². The van der Waals surface area contributed by atoms with Gasteiger partial charge in [-0.2, -0.15) is 0 Å². The van der Waals surface area contributed by atoms with E-state index < -0.39 is 10.0 Å². The first kappa shape index (κ1) is 15.9. The molecule has 0 atom stereocenters. The topological polar surface area (TPSA) is 62.0 Å². The van der Waals surface area contributed by atoms with Crippen LogP contribution < -0.4 is 4.72 Å². The van der Waals surface area contributed by atoms with Gasteiger partial charge in [-0.3, -0.25) is 4.72 Å². The largest absolute Gasteiger partial charge is 0.361 e. The first-order valence-electron chi connectivity index (χ1n) is 7.33. The lowest BCUT2D eigenvalue weighted by Gasteiger charge is -2.09. The van der Waals surface area contributed by atoms with Crippen LogP contribution in [0.3, 0.4) is 0 Å². The van der Waals surface area contributed by atoms with Crippen LogP contribution in [0.2, 0.25) is 0 Å². The van der Waals surface area contributed by atoms with Crippen molar-refractivity contribution in [2.45, 2.75) is 17.7 Å². The summed E-state index contributed by atoms with van der Waals surface area (Å²) in [5, 5.41) is 0.960. The maximum absolute atomic E-state index is 12.5. The molecule has 0 spiro atoms. The molecule has 23 heavy (non-hydrogen) atoms. The molecule has 3 aromatic rings. The van der Waals surface area contributed by atoms with E-state index in [0.29, 0.717) is 11.6 Å². The van der Waals surface area contributed by atoms with Gasteiger partial charge in [-0.15, -0.1) is 11.6 Å². The minimum absolute atomic E-state index is 0.251. The Morgan fingerprint density at radius 1 is 1.04 bits per heavy atom. The van der Waals surface area contributed by atoms with Crippen LogP contribution in [0, 0.1) is 0 Å². The number of sulfonamides is 1. The van der Waals surface area contributed by atoms with Gasteiger partial charge in [-0.05, 0) is 54.8 Å².